The van der Waals surface area contributed by atoms with E-state index in [9.17, 15) is 4.79 Å². The van der Waals surface area contributed by atoms with Gasteiger partial charge in [0.2, 0.25) is 0 Å². The van der Waals surface area contributed by atoms with E-state index in [1.165, 1.54) is 16.8 Å². The van der Waals surface area contributed by atoms with Crippen LogP contribution in [0.4, 0.5) is 5.82 Å². The predicted molar refractivity (Wildman–Crippen MR) is 82.9 cm³/mol. The lowest BCUT2D eigenvalue weighted by Crippen LogP contribution is -2.04. The Kier molecular flexibility index (Phi) is 3.34. The van der Waals surface area contributed by atoms with Crippen LogP contribution in [0.15, 0.2) is 48.5 Å². The Morgan fingerprint density at radius 2 is 1.91 bits per heavy atom. The number of carbonyl (C=O) groups is 1. The van der Waals surface area contributed by atoms with Crippen LogP contribution in [0.25, 0.3) is 16.9 Å². The fourth-order valence-electron chi connectivity index (χ4n) is 2.17. The Hall–Kier alpha value is -3.15. The number of hydrogen-bond acceptors (Lipinski definition) is 4. The Labute approximate surface area is 126 Å². The molecule has 3 rings (SSSR count). The number of nitrogens with zero attached hydrogens (tertiary/aromatic N) is 3. The van der Waals surface area contributed by atoms with Crippen molar-refractivity contribution in [1.82, 2.24) is 15.0 Å². The maximum absolute atomic E-state index is 11.1. The van der Waals surface area contributed by atoms with Crippen molar-refractivity contribution in [3.63, 3.8) is 0 Å². The van der Waals surface area contributed by atoms with Crippen molar-refractivity contribution in [1.29, 1.82) is 0 Å². The van der Waals surface area contributed by atoms with E-state index < -0.39 is 5.97 Å². The van der Waals surface area contributed by atoms with Crippen molar-refractivity contribution >= 4 is 11.8 Å². The van der Waals surface area contributed by atoms with Gasteiger partial charge in [-0.25, -0.2) is 4.79 Å². The third-order valence-electron chi connectivity index (χ3n) is 3.37. The quantitative estimate of drug-likeness (QED) is 0.774. The molecule has 0 aliphatic heterocycles. The zero-order chi connectivity index (χ0) is 15.7. The number of hydrogen-bond donors (Lipinski definition) is 2. The van der Waals surface area contributed by atoms with Crippen molar-refractivity contribution in [3.05, 3.63) is 59.7 Å². The molecule has 0 saturated carbocycles. The van der Waals surface area contributed by atoms with E-state index in [1.54, 1.807) is 12.1 Å². The van der Waals surface area contributed by atoms with Gasteiger partial charge in [0.1, 0.15) is 5.69 Å². The summed E-state index contributed by atoms with van der Waals surface area (Å²) in [5, 5.41) is 17.2. The van der Waals surface area contributed by atoms with E-state index in [0.717, 1.165) is 11.1 Å². The first-order valence-corrected chi connectivity index (χ1v) is 6.68. The summed E-state index contributed by atoms with van der Waals surface area (Å²) in [6.07, 6.45) is 0. The smallest absolute Gasteiger partial charge is 0.335 e. The molecule has 3 N–H and O–H groups in total. The zero-order valence-electron chi connectivity index (χ0n) is 11.9. The molecule has 2 aromatic carbocycles. The lowest BCUT2D eigenvalue weighted by Gasteiger charge is -2.05. The summed E-state index contributed by atoms with van der Waals surface area (Å²) in [7, 11) is 0. The molecule has 0 aliphatic carbocycles. The highest BCUT2D eigenvalue weighted by molar-refractivity contribution is 5.88. The van der Waals surface area contributed by atoms with Gasteiger partial charge >= 0.3 is 5.97 Å². The van der Waals surface area contributed by atoms with Gasteiger partial charge in [-0.2, -0.15) is 4.68 Å². The van der Waals surface area contributed by atoms with Crippen LogP contribution in [0.1, 0.15) is 15.9 Å². The van der Waals surface area contributed by atoms with E-state index in [-0.39, 0.29) is 5.56 Å². The first kappa shape index (κ1) is 13.8. The van der Waals surface area contributed by atoms with Crippen molar-refractivity contribution in [2.45, 2.75) is 6.92 Å². The van der Waals surface area contributed by atoms with Crippen molar-refractivity contribution < 1.29 is 9.90 Å². The summed E-state index contributed by atoms with van der Waals surface area (Å²) >= 11 is 0. The van der Waals surface area contributed by atoms with Crippen LogP contribution in [0, 0.1) is 6.92 Å². The van der Waals surface area contributed by atoms with Gasteiger partial charge in [0.15, 0.2) is 5.82 Å². The van der Waals surface area contributed by atoms with E-state index in [1.807, 2.05) is 31.2 Å². The minimum absolute atomic E-state index is 0.171. The second-order valence-corrected chi connectivity index (χ2v) is 4.96. The van der Waals surface area contributed by atoms with Gasteiger partial charge in [-0.3, -0.25) is 0 Å². The maximum atomic E-state index is 11.1. The number of rotatable bonds is 3. The SMILES string of the molecule is Cc1ccc(-c2nnn(-c3cccc(C(=O)O)c3)c2N)cc1. The van der Waals surface area contributed by atoms with Gasteiger partial charge in [0.25, 0.3) is 0 Å². The maximum Gasteiger partial charge on any atom is 0.335 e. The van der Waals surface area contributed by atoms with Crippen LogP contribution < -0.4 is 5.73 Å². The van der Waals surface area contributed by atoms with Crippen LogP contribution in [-0.4, -0.2) is 26.1 Å². The standard InChI is InChI=1S/C16H14N4O2/c1-10-5-7-11(8-6-10)14-15(17)20(19-18-14)13-4-2-3-12(9-13)16(21)22/h2-9H,17H2,1H3,(H,21,22). The summed E-state index contributed by atoms with van der Waals surface area (Å²) in [5.41, 5.74) is 9.43. The van der Waals surface area contributed by atoms with Gasteiger partial charge in [0.05, 0.1) is 11.3 Å². The number of aromatic carboxylic acids is 1. The van der Waals surface area contributed by atoms with E-state index in [2.05, 4.69) is 10.3 Å². The highest BCUT2D eigenvalue weighted by Gasteiger charge is 2.14. The lowest BCUT2D eigenvalue weighted by atomic mass is 10.1. The number of anilines is 1. The van der Waals surface area contributed by atoms with Gasteiger partial charge in [-0.15, -0.1) is 5.10 Å². The molecule has 0 unspecified atom stereocenters. The number of carboxylic acids is 1. The Bertz CT molecular complexity index is 838. The van der Waals surface area contributed by atoms with Crippen molar-refractivity contribution in [2.75, 3.05) is 5.73 Å². The van der Waals surface area contributed by atoms with Gasteiger partial charge in [0, 0.05) is 5.56 Å². The number of benzene rings is 2. The molecule has 0 fully saturated rings. The number of nitrogen functional groups attached to an aromatic ring is 1. The largest absolute Gasteiger partial charge is 0.478 e. The molecule has 6 heteroatoms. The number of nitrogens with two attached hydrogens (primary N) is 1. The summed E-state index contributed by atoms with van der Waals surface area (Å²) in [6, 6.07) is 14.2. The van der Waals surface area contributed by atoms with Crippen LogP contribution in [-0.2, 0) is 0 Å². The molecule has 0 atom stereocenters. The second-order valence-electron chi connectivity index (χ2n) is 4.96. The van der Waals surface area contributed by atoms with E-state index in [0.29, 0.717) is 17.2 Å². The number of carboxylic acid groups (broad SMARTS) is 1. The third kappa shape index (κ3) is 2.42. The van der Waals surface area contributed by atoms with Crippen molar-refractivity contribution in [3.8, 4) is 16.9 Å². The molecule has 0 bridgehead atoms. The molecular formula is C16H14N4O2. The van der Waals surface area contributed by atoms with Crippen LogP contribution >= 0.6 is 0 Å². The first-order chi connectivity index (χ1) is 10.6. The average Bonchev–Trinajstić information content (AvgIpc) is 2.90. The molecule has 0 amide bonds. The Morgan fingerprint density at radius 1 is 1.18 bits per heavy atom. The van der Waals surface area contributed by atoms with Crippen LogP contribution in [0.5, 0.6) is 0 Å². The Balaban J connectivity index is 2.05. The normalized spacial score (nSPS) is 10.6. The Morgan fingerprint density at radius 3 is 2.59 bits per heavy atom. The molecule has 3 aromatic rings. The summed E-state index contributed by atoms with van der Waals surface area (Å²) in [5.74, 6) is -0.634. The molecular weight excluding hydrogens is 280 g/mol. The van der Waals surface area contributed by atoms with Gasteiger partial charge in [-0.05, 0) is 25.1 Å². The van der Waals surface area contributed by atoms with E-state index in [4.69, 9.17) is 10.8 Å². The summed E-state index contributed by atoms with van der Waals surface area (Å²) in [6.45, 7) is 2.00. The zero-order valence-corrected chi connectivity index (χ0v) is 11.9. The van der Waals surface area contributed by atoms with Crippen LogP contribution in [0.3, 0.4) is 0 Å². The average molecular weight is 294 g/mol. The van der Waals surface area contributed by atoms with Gasteiger partial charge in [-0.1, -0.05) is 41.1 Å². The molecule has 6 nitrogen and oxygen atoms in total. The van der Waals surface area contributed by atoms with E-state index >= 15 is 0 Å². The molecule has 0 spiro atoms. The third-order valence-corrected chi connectivity index (χ3v) is 3.37. The van der Waals surface area contributed by atoms with Crippen LogP contribution in [0.2, 0.25) is 0 Å². The first-order valence-electron chi connectivity index (χ1n) is 6.68. The molecule has 1 heterocycles. The number of aryl methyl sites for hydroxylation is 1. The fraction of sp³-hybridized carbons (Fsp3) is 0.0625. The highest BCUT2D eigenvalue weighted by atomic mass is 16.4. The minimum Gasteiger partial charge on any atom is -0.478 e. The molecule has 110 valence electrons. The second kappa shape index (κ2) is 5.33. The molecule has 0 saturated heterocycles. The predicted octanol–water partition coefficient (Wildman–Crippen LogP) is 2.52. The topological polar surface area (TPSA) is 94.0 Å². The van der Waals surface area contributed by atoms with Crippen molar-refractivity contribution in [2.24, 2.45) is 0 Å². The molecule has 0 aliphatic rings. The highest BCUT2D eigenvalue weighted by Crippen LogP contribution is 2.25. The lowest BCUT2D eigenvalue weighted by molar-refractivity contribution is 0.0697. The molecule has 0 radical (unpaired) electrons. The molecule has 1 aromatic heterocycles. The van der Waals surface area contributed by atoms with Gasteiger partial charge < -0.3 is 10.8 Å². The summed E-state index contributed by atoms with van der Waals surface area (Å²) < 4.78 is 1.43. The number of aromatic nitrogens is 3. The molecule has 22 heavy (non-hydrogen) atoms. The summed E-state index contributed by atoms with van der Waals surface area (Å²) in [4.78, 5) is 11.1. The monoisotopic (exact) mass is 294 g/mol. The fourth-order valence-corrected chi connectivity index (χ4v) is 2.17. The minimum atomic E-state index is -1.00.